The Labute approximate surface area is 170 Å². The first-order valence-electron chi connectivity index (χ1n) is 8.23. The molecule has 1 aliphatic heterocycles. The maximum absolute atomic E-state index is 10.6. The van der Waals surface area contributed by atoms with E-state index in [1.807, 2.05) is 42.5 Å². The molecule has 0 spiro atoms. The van der Waals surface area contributed by atoms with E-state index in [0.29, 0.717) is 6.54 Å². The van der Waals surface area contributed by atoms with Gasteiger partial charge in [0.15, 0.2) is 0 Å². The molecule has 6 heteroatoms. The van der Waals surface area contributed by atoms with Gasteiger partial charge < -0.3 is 14.7 Å². The third-order valence-corrected chi connectivity index (χ3v) is 4.19. The molecular formula is C19H23N2NaO3. The van der Waals surface area contributed by atoms with Gasteiger partial charge in [-0.2, -0.15) is 0 Å². The fourth-order valence-electron chi connectivity index (χ4n) is 2.83. The summed E-state index contributed by atoms with van der Waals surface area (Å²) in [5.74, 6) is 0.925. The van der Waals surface area contributed by atoms with E-state index in [0.717, 1.165) is 37.7 Å². The molecule has 0 unspecified atom stereocenters. The van der Waals surface area contributed by atoms with E-state index < -0.39 is 5.97 Å². The predicted octanol–water partition coefficient (Wildman–Crippen LogP) is 2.43. The monoisotopic (exact) mass is 350 g/mol. The number of piperazine rings is 1. The molecule has 0 aromatic heterocycles. The van der Waals surface area contributed by atoms with E-state index >= 15 is 0 Å². The standard InChI is InChI=1S/C19H22N2O3.Na.H/c22-19(23)10-11-20-12-14-21(15-13-20)16-6-8-18(9-7-16)24-17-4-2-1-3-5-17;;/h1-9H,10-15H2,(H,22,23);;. The zero-order valence-corrected chi connectivity index (χ0v) is 13.6. The molecule has 0 bridgehead atoms. The first kappa shape index (κ1) is 19.8. The van der Waals surface area contributed by atoms with Crippen LogP contribution in [0.2, 0.25) is 0 Å². The van der Waals surface area contributed by atoms with Crippen molar-refractivity contribution in [2.75, 3.05) is 37.6 Å². The van der Waals surface area contributed by atoms with Crippen molar-refractivity contribution in [1.82, 2.24) is 4.90 Å². The number of carbonyl (C=O) groups is 1. The zero-order chi connectivity index (χ0) is 16.8. The Hall–Kier alpha value is -1.53. The van der Waals surface area contributed by atoms with Gasteiger partial charge in [-0.25, -0.2) is 0 Å². The van der Waals surface area contributed by atoms with Crippen molar-refractivity contribution >= 4 is 41.2 Å². The minimum atomic E-state index is -0.730. The average Bonchev–Trinajstić information content (AvgIpc) is 2.62. The van der Waals surface area contributed by atoms with Gasteiger partial charge in [-0.15, -0.1) is 0 Å². The van der Waals surface area contributed by atoms with Crippen molar-refractivity contribution in [2.45, 2.75) is 6.42 Å². The minimum absolute atomic E-state index is 0. The van der Waals surface area contributed by atoms with E-state index in [1.54, 1.807) is 0 Å². The summed E-state index contributed by atoms with van der Waals surface area (Å²) in [7, 11) is 0. The number of hydrogen-bond donors (Lipinski definition) is 1. The molecule has 0 amide bonds. The van der Waals surface area contributed by atoms with E-state index in [9.17, 15) is 4.79 Å². The topological polar surface area (TPSA) is 53.0 Å². The third kappa shape index (κ3) is 6.04. The Kier molecular flexibility index (Phi) is 7.78. The number of para-hydroxylation sites is 1. The molecule has 3 rings (SSSR count). The van der Waals surface area contributed by atoms with Crippen molar-refractivity contribution in [3.05, 3.63) is 54.6 Å². The summed E-state index contributed by atoms with van der Waals surface area (Å²) in [5.41, 5.74) is 1.17. The second-order valence-electron chi connectivity index (χ2n) is 5.88. The van der Waals surface area contributed by atoms with Crippen LogP contribution in [-0.2, 0) is 4.79 Å². The van der Waals surface area contributed by atoms with Crippen molar-refractivity contribution in [2.24, 2.45) is 0 Å². The normalized spacial score (nSPS) is 14.6. The van der Waals surface area contributed by atoms with Crippen LogP contribution in [0.15, 0.2) is 54.6 Å². The summed E-state index contributed by atoms with van der Waals surface area (Å²) in [6.45, 7) is 4.26. The second-order valence-corrected chi connectivity index (χ2v) is 5.88. The summed E-state index contributed by atoms with van der Waals surface area (Å²) >= 11 is 0. The molecule has 0 aliphatic carbocycles. The average molecular weight is 350 g/mol. The quantitative estimate of drug-likeness (QED) is 0.811. The van der Waals surface area contributed by atoms with Crippen LogP contribution in [-0.4, -0.2) is 78.3 Å². The predicted molar refractivity (Wildman–Crippen MR) is 101 cm³/mol. The van der Waals surface area contributed by atoms with Crippen molar-refractivity contribution in [3.63, 3.8) is 0 Å². The van der Waals surface area contributed by atoms with Crippen LogP contribution in [0.3, 0.4) is 0 Å². The molecule has 1 heterocycles. The van der Waals surface area contributed by atoms with Crippen LogP contribution in [0.25, 0.3) is 0 Å². The summed E-state index contributed by atoms with van der Waals surface area (Å²) < 4.78 is 5.81. The van der Waals surface area contributed by atoms with Gasteiger partial charge in [0.1, 0.15) is 11.5 Å². The Bertz CT molecular complexity index is 656. The Morgan fingerprint density at radius 2 is 1.52 bits per heavy atom. The molecule has 0 radical (unpaired) electrons. The van der Waals surface area contributed by atoms with Gasteiger partial charge in [0.2, 0.25) is 0 Å². The van der Waals surface area contributed by atoms with E-state index in [1.165, 1.54) is 5.69 Å². The number of rotatable bonds is 6. The molecule has 0 atom stereocenters. The summed E-state index contributed by atoms with van der Waals surface area (Å²) in [4.78, 5) is 15.2. The van der Waals surface area contributed by atoms with Crippen molar-refractivity contribution in [3.8, 4) is 11.5 Å². The molecule has 2 aromatic carbocycles. The van der Waals surface area contributed by atoms with Gasteiger partial charge >= 0.3 is 35.5 Å². The number of hydrogen-bond acceptors (Lipinski definition) is 4. The van der Waals surface area contributed by atoms with Crippen LogP contribution in [0.1, 0.15) is 6.42 Å². The number of carboxylic acids is 1. The van der Waals surface area contributed by atoms with Crippen LogP contribution < -0.4 is 9.64 Å². The Morgan fingerprint density at radius 3 is 2.12 bits per heavy atom. The SMILES string of the molecule is O=C(O)CCN1CCN(c2ccc(Oc3ccccc3)cc2)CC1.[NaH]. The maximum atomic E-state index is 10.6. The van der Waals surface area contributed by atoms with Gasteiger partial charge in [-0.05, 0) is 36.4 Å². The molecule has 25 heavy (non-hydrogen) atoms. The number of ether oxygens (including phenoxy) is 1. The van der Waals surface area contributed by atoms with E-state index in [-0.39, 0.29) is 36.0 Å². The number of aliphatic carboxylic acids is 1. The summed E-state index contributed by atoms with van der Waals surface area (Å²) in [5, 5.41) is 8.76. The number of anilines is 1. The fourth-order valence-corrected chi connectivity index (χ4v) is 2.83. The summed E-state index contributed by atoms with van der Waals surface area (Å²) in [6, 6.07) is 17.9. The first-order valence-corrected chi connectivity index (χ1v) is 8.23. The number of carboxylic acid groups (broad SMARTS) is 1. The fraction of sp³-hybridized carbons (Fsp3) is 0.316. The molecule has 1 aliphatic rings. The molecule has 128 valence electrons. The molecule has 1 fully saturated rings. The summed E-state index contributed by atoms with van der Waals surface area (Å²) in [6.07, 6.45) is 0.214. The van der Waals surface area contributed by atoms with Crippen LogP contribution >= 0.6 is 0 Å². The zero-order valence-electron chi connectivity index (χ0n) is 13.6. The van der Waals surface area contributed by atoms with Crippen LogP contribution in [0, 0.1) is 0 Å². The van der Waals surface area contributed by atoms with Crippen molar-refractivity contribution in [1.29, 1.82) is 0 Å². The van der Waals surface area contributed by atoms with Crippen molar-refractivity contribution < 1.29 is 14.6 Å². The molecule has 2 aromatic rings. The first-order chi connectivity index (χ1) is 11.7. The second kappa shape index (κ2) is 9.82. The molecule has 1 N–H and O–H groups in total. The molecule has 5 nitrogen and oxygen atoms in total. The molecule has 1 saturated heterocycles. The Morgan fingerprint density at radius 1 is 0.920 bits per heavy atom. The van der Waals surface area contributed by atoms with Gasteiger partial charge in [0.25, 0.3) is 0 Å². The van der Waals surface area contributed by atoms with Crippen LogP contribution in [0.5, 0.6) is 11.5 Å². The molecular weight excluding hydrogens is 327 g/mol. The van der Waals surface area contributed by atoms with Gasteiger partial charge in [0.05, 0.1) is 6.42 Å². The van der Waals surface area contributed by atoms with E-state index in [4.69, 9.17) is 9.84 Å². The number of benzene rings is 2. The number of nitrogens with zero attached hydrogens (tertiary/aromatic N) is 2. The Balaban J connectivity index is 0.00000225. The van der Waals surface area contributed by atoms with Gasteiger partial charge in [-0.3, -0.25) is 9.69 Å². The molecule has 0 saturated carbocycles. The van der Waals surface area contributed by atoms with E-state index in [2.05, 4.69) is 21.9 Å². The van der Waals surface area contributed by atoms with Gasteiger partial charge in [0, 0.05) is 38.4 Å². The third-order valence-electron chi connectivity index (χ3n) is 4.19. The van der Waals surface area contributed by atoms with Gasteiger partial charge in [-0.1, -0.05) is 18.2 Å². The van der Waals surface area contributed by atoms with Crippen LogP contribution in [0.4, 0.5) is 5.69 Å².